The van der Waals surface area contributed by atoms with Crippen molar-refractivity contribution in [1.82, 2.24) is 0 Å². The van der Waals surface area contributed by atoms with Gasteiger partial charge in [0.25, 0.3) is 0 Å². The summed E-state index contributed by atoms with van der Waals surface area (Å²) >= 11 is 0. The third kappa shape index (κ3) is 3.09. The van der Waals surface area contributed by atoms with Crippen molar-refractivity contribution in [3.05, 3.63) is 11.6 Å². The lowest BCUT2D eigenvalue weighted by Gasteiger charge is -2.58. The van der Waals surface area contributed by atoms with Crippen LogP contribution in [-0.2, 0) is 4.79 Å². The van der Waals surface area contributed by atoms with Crippen LogP contribution in [0, 0.1) is 40.4 Å². The lowest BCUT2D eigenvalue weighted by molar-refractivity contribution is -0.137. The number of hydrogen-bond donors (Lipinski definition) is 2. The minimum absolute atomic E-state index is 0.124. The van der Waals surface area contributed by atoms with E-state index in [0.717, 1.165) is 43.4 Å². The van der Waals surface area contributed by atoms with Crippen LogP contribution in [-0.4, -0.2) is 22.3 Å². The van der Waals surface area contributed by atoms with Gasteiger partial charge < -0.3 is 10.2 Å². The van der Waals surface area contributed by atoms with E-state index in [-0.39, 0.29) is 6.10 Å². The van der Waals surface area contributed by atoms with Crippen LogP contribution < -0.4 is 0 Å². The summed E-state index contributed by atoms with van der Waals surface area (Å²) in [6.07, 6.45) is 13.0. The number of rotatable bonds is 4. The van der Waals surface area contributed by atoms with E-state index in [4.69, 9.17) is 5.11 Å². The summed E-state index contributed by atoms with van der Waals surface area (Å²) in [7, 11) is 0. The molecule has 4 aliphatic rings. The Labute approximate surface area is 164 Å². The molecule has 0 spiro atoms. The molecule has 8 atom stereocenters. The van der Waals surface area contributed by atoms with Gasteiger partial charge in [0.05, 0.1) is 6.10 Å². The van der Waals surface area contributed by atoms with Gasteiger partial charge in [-0.1, -0.05) is 32.4 Å². The molecule has 0 heterocycles. The molecule has 27 heavy (non-hydrogen) atoms. The summed E-state index contributed by atoms with van der Waals surface area (Å²) in [6.45, 7) is 7.33. The Balaban J connectivity index is 1.54. The van der Waals surface area contributed by atoms with Crippen molar-refractivity contribution in [2.75, 3.05) is 0 Å². The van der Waals surface area contributed by atoms with E-state index in [0.29, 0.717) is 29.1 Å². The minimum atomic E-state index is -0.650. The maximum absolute atomic E-state index is 11.0. The van der Waals surface area contributed by atoms with Crippen molar-refractivity contribution in [3.8, 4) is 0 Å². The van der Waals surface area contributed by atoms with Gasteiger partial charge in [-0.2, -0.15) is 0 Å². The fraction of sp³-hybridized carbons (Fsp3) is 0.875. The molecule has 0 aromatic carbocycles. The second-order valence-corrected chi connectivity index (χ2v) is 10.8. The zero-order chi connectivity index (χ0) is 19.4. The van der Waals surface area contributed by atoms with Gasteiger partial charge in [0.15, 0.2) is 0 Å². The lowest BCUT2D eigenvalue weighted by atomic mass is 9.47. The molecule has 0 saturated heterocycles. The molecule has 2 N–H and O–H groups in total. The van der Waals surface area contributed by atoms with Crippen molar-refractivity contribution in [3.63, 3.8) is 0 Å². The predicted octanol–water partition coefficient (Wildman–Crippen LogP) is 5.43. The van der Waals surface area contributed by atoms with E-state index in [1.807, 2.05) is 0 Å². The number of allylic oxidation sites excluding steroid dienone is 1. The maximum atomic E-state index is 11.0. The van der Waals surface area contributed by atoms with Gasteiger partial charge in [-0.05, 0) is 98.2 Å². The van der Waals surface area contributed by atoms with Crippen LogP contribution in [0.4, 0.5) is 0 Å². The molecule has 0 bridgehead atoms. The fourth-order valence-electron chi connectivity index (χ4n) is 8.17. The largest absolute Gasteiger partial charge is 0.481 e. The Kier molecular flexibility index (Phi) is 4.98. The number of carboxylic acid groups (broad SMARTS) is 1. The van der Waals surface area contributed by atoms with Gasteiger partial charge in [0.1, 0.15) is 0 Å². The lowest BCUT2D eigenvalue weighted by Crippen LogP contribution is -2.50. The zero-order valence-corrected chi connectivity index (χ0v) is 17.4. The third-order valence-electron chi connectivity index (χ3n) is 9.65. The first-order valence-electron chi connectivity index (χ1n) is 11.3. The van der Waals surface area contributed by atoms with Gasteiger partial charge in [0, 0.05) is 6.42 Å². The topological polar surface area (TPSA) is 57.5 Å². The molecule has 4 rings (SSSR count). The van der Waals surface area contributed by atoms with Gasteiger partial charge in [-0.15, -0.1) is 0 Å². The number of hydrogen-bond acceptors (Lipinski definition) is 2. The van der Waals surface area contributed by atoms with Crippen molar-refractivity contribution in [1.29, 1.82) is 0 Å². The van der Waals surface area contributed by atoms with E-state index < -0.39 is 5.97 Å². The SMILES string of the molecule is CC(CCC(=O)O)[C@H]1CCC2C3CC=C4C[C@@H](O)CC[C@]4(C)C3CC[C@@]21C. The summed E-state index contributed by atoms with van der Waals surface area (Å²) in [5.74, 6) is 2.94. The maximum Gasteiger partial charge on any atom is 0.303 e. The van der Waals surface area contributed by atoms with Crippen molar-refractivity contribution in [2.45, 2.75) is 91.1 Å². The average Bonchev–Trinajstić information content (AvgIpc) is 2.97. The smallest absolute Gasteiger partial charge is 0.303 e. The van der Waals surface area contributed by atoms with Crippen LogP contribution in [0.25, 0.3) is 0 Å². The quantitative estimate of drug-likeness (QED) is 0.645. The van der Waals surface area contributed by atoms with E-state index in [1.54, 1.807) is 5.57 Å². The second kappa shape index (κ2) is 6.90. The number of carbonyl (C=O) groups is 1. The van der Waals surface area contributed by atoms with Gasteiger partial charge in [-0.25, -0.2) is 0 Å². The predicted molar refractivity (Wildman–Crippen MR) is 107 cm³/mol. The van der Waals surface area contributed by atoms with Gasteiger partial charge in [0.2, 0.25) is 0 Å². The monoisotopic (exact) mass is 374 g/mol. The molecule has 4 unspecified atom stereocenters. The molecule has 3 heteroatoms. The molecule has 152 valence electrons. The molecule has 0 amide bonds. The highest BCUT2D eigenvalue weighted by Crippen LogP contribution is 2.67. The molecule has 0 radical (unpaired) electrons. The highest BCUT2D eigenvalue weighted by Gasteiger charge is 2.59. The molecular weight excluding hydrogens is 336 g/mol. The van der Waals surface area contributed by atoms with Crippen LogP contribution >= 0.6 is 0 Å². The molecule has 3 fully saturated rings. The van der Waals surface area contributed by atoms with Crippen LogP contribution in [0.3, 0.4) is 0 Å². The Morgan fingerprint density at radius 2 is 1.96 bits per heavy atom. The first kappa shape index (κ1) is 19.5. The first-order valence-corrected chi connectivity index (χ1v) is 11.3. The summed E-state index contributed by atoms with van der Waals surface area (Å²) in [5, 5.41) is 19.2. The highest BCUT2D eigenvalue weighted by molar-refractivity contribution is 5.66. The zero-order valence-electron chi connectivity index (χ0n) is 17.4. The van der Waals surface area contributed by atoms with E-state index in [1.165, 1.54) is 32.1 Å². The van der Waals surface area contributed by atoms with Crippen molar-refractivity contribution in [2.24, 2.45) is 40.4 Å². The average molecular weight is 375 g/mol. The van der Waals surface area contributed by atoms with E-state index in [9.17, 15) is 9.90 Å². The fourth-order valence-corrected chi connectivity index (χ4v) is 8.17. The standard InChI is InChI=1S/C24H38O3/c1-15(4-9-22(26)27)19-7-8-20-18-6-5-16-14-17(25)10-12-23(16,2)21(18)11-13-24(19,20)3/h5,15,17-21,25H,4,6-14H2,1-3H3,(H,26,27)/t15?,17-,18?,19+,20?,21?,23-,24+/m0/s1. The Hall–Kier alpha value is -0.830. The summed E-state index contributed by atoms with van der Waals surface area (Å²) in [6, 6.07) is 0. The van der Waals surface area contributed by atoms with E-state index in [2.05, 4.69) is 26.8 Å². The summed E-state index contributed by atoms with van der Waals surface area (Å²) < 4.78 is 0. The number of carboxylic acids is 1. The Morgan fingerprint density at radius 3 is 2.70 bits per heavy atom. The van der Waals surface area contributed by atoms with Gasteiger partial charge >= 0.3 is 5.97 Å². The number of fused-ring (bicyclic) bond motifs is 5. The normalized spacial score (nSPS) is 47.4. The summed E-state index contributed by atoms with van der Waals surface area (Å²) in [5.41, 5.74) is 2.27. The van der Waals surface area contributed by atoms with Crippen LogP contribution in [0.15, 0.2) is 11.6 Å². The molecule has 0 aromatic rings. The molecule has 4 aliphatic carbocycles. The second-order valence-electron chi connectivity index (χ2n) is 10.8. The van der Waals surface area contributed by atoms with Crippen molar-refractivity contribution >= 4 is 5.97 Å². The molecule has 0 aromatic heterocycles. The Bertz CT molecular complexity index is 625. The third-order valence-corrected chi connectivity index (χ3v) is 9.65. The molecule has 0 aliphatic heterocycles. The first-order chi connectivity index (χ1) is 12.8. The van der Waals surface area contributed by atoms with Crippen LogP contribution in [0.1, 0.15) is 85.0 Å². The molecular formula is C24H38O3. The van der Waals surface area contributed by atoms with Crippen molar-refractivity contribution < 1.29 is 15.0 Å². The minimum Gasteiger partial charge on any atom is -0.481 e. The number of aliphatic carboxylic acids is 1. The number of aliphatic hydroxyl groups excluding tert-OH is 1. The van der Waals surface area contributed by atoms with Crippen LogP contribution in [0.2, 0.25) is 0 Å². The Morgan fingerprint density at radius 1 is 1.19 bits per heavy atom. The number of aliphatic hydroxyl groups is 1. The van der Waals surface area contributed by atoms with Crippen LogP contribution in [0.5, 0.6) is 0 Å². The highest BCUT2D eigenvalue weighted by atomic mass is 16.4. The van der Waals surface area contributed by atoms with Gasteiger partial charge in [-0.3, -0.25) is 4.79 Å². The summed E-state index contributed by atoms with van der Waals surface area (Å²) in [4.78, 5) is 11.0. The van der Waals surface area contributed by atoms with E-state index >= 15 is 0 Å². The molecule has 3 saturated carbocycles. The molecule has 3 nitrogen and oxygen atoms in total.